The number of aryl methyl sites for hydroxylation is 2. The van der Waals surface area contributed by atoms with Crippen molar-refractivity contribution >= 4 is 5.91 Å². The molecule has 1 aliphatic rings. The summed E-state index contributed by atoms with van der Waals surface area (Å²) in [6.45, 7) is 3.48. The van der Waals surface area contributed by atoms with Gasteiger partial charge in [-0.25, -0.2) is 4.98 Å². The molecule has 3 aromatic rings. The third-order valence-electron chi connectivity index (χ3n) is 5.12. The van der Waals surface area contributed by atoms with Gasteiger partial charge in [0, 0.05) is 63.7 Å². The van der Waals surface area contributed by atoms with Gasteiger partial charge in [0.25, 0.3) is 5.56 Å². The van der Waals surface area contributed by atoms with Crippen LogP contribution in [-0.4, -0.2) is 62.1 Å². The van der Waals surface area contributed by atoms with Crippen LogP contribution in [0.25, 0.3) is 11.4 Å². The molecule has 150 valence electrons. The van der Waals surface area contributed by atoms with E-state index in [2.05, 4.69) is 20.0 Å². The molecule has 0 saturated carbocycles. The molecule has 1 amide bonds. The Balaban J connectivity index is 1.44. The fraction of sp³-hybridized carbons (Fsp3) is 0.333. The summed E-state index contributed by atoms with van der Waals surface area (Å²) in [5.41, 5.74) is 2.56. The Morgan fingerprint density at radius 1 is 1.14 bits per heavy atom. The Labute approximate surface area is 168 Å². The highest BCUT2D eigenvalue weighted by atomic mass is 16.2. The SMILES string of the molecule is CN1CCN(Cc2ccc(-c3nc(CCn4cccn4)cc(=O)[nH]3)cc2)CC1=O. The van der Waals surface area contributed by atoms with Gasteiger partial charge < -0.3 is 9.88 Å². The molecule has 1 saturated heterocycles. The van der Waals surface area contributed by atoms with Gasteiger partial charge in [-0.05, 0) is 11.6 Å². The number of piperazine rings is 1. The lowest BCUT2D eigenvalue weighted by atomic mass is 10.1. The van der Waals surface area contributed by atoms with Gasteiger partial charge in [-0.2, -0.15) is 5.10 Å². The lowest BCUT2D eigenvalue weighted by Gasteiger charge is -2.31. The summed E-state index contributed by atoms with van der Waals surface area (Å²) < 4.78 is 1.82. The number of aromatic amines is 1. The topological polar surface area (TPSA) is 87.1 Å². The second-order valence-corrected chi connectivity index (χ2v) is 7.33. The number of likely N-dealkylation sites (N-methyl/N-ethyl adjacent to an activating group) is 1. The van der Waals surface area contributed by atoms with E-state index >= 15 is 0 Å². The largest absolute Gasteiger partial charge is 0.343 e. The van der Waals surface area contributed by atoms with Gasteiger partial charge in [0.1, 0.15) is 5.82 Å². The molecular formula is C21H24N6O2. The molecule has 0 aliphatic carbocycles. The van der Waals surface area contributed by atoms with Gasteiger partial charge in [-0.1, -0.05) is 24.3 Å². The van der Waals surface area contributed by atoms with Gasteiger partial charge in [0.2, 0.25) is 5.91 Å². The molecule has 1 aromatic carbocycles. The van der Waals surface area contributed by atoms with Crippen molar-refractivity contribution in [2.45, 2.75) is 19.5 Å². The molecular weight excluding hydrogens is 368 g/mol. The van der Waals surface area contributed by atoms with E-state index < -0.39 is 0 Å². The van der Waals surface area contributed by atoms with E-state index in [0.717, 1.165) is 36.5 Å². The lowest BCUT2D eigenvalue weighted by Crippen LogP contribution is -2.47. The number of nitrogens with one attached hydrogen (secondary N) is 1. The lowest BCUT2D eigenvalue weighted by molar-refractivity contribution is -0.134. The number of rotatable bonds is 6. The molecule has 0 atom stereocenters. The second kappa shape index (κ2) is 8.40. The third-order valence-corrected chi connectivity index (χ3v) is 5.12. The van der Waals surface area contributed by atoms with Crippen LogP contribution in [0, 0.1) is 0 Å². The molecule has 3 heterocycles. The maximum absolute atomic E-state index is 12.1. The van der Waals surface area contributed by atoms with Crippen LogP contribution in [0.5, 0.6) is 0 Å². The summed E-state index contributed by atoms with van der Waals surface area (Å²) in [7, 11) is 1.84. The Morgan fingerprint density at radius 3 is 2.69 bits per heavy atom. The van der Waals surface area contributed by atoms with Crippen molar-refractivity contribution in [1.82, 2.24) is 29.5 Å². The fourth-order valence-corrected chi connectivity index (χ4v) is 3.40. The molecule has 29 heavy (non-hydrogen) atoms. The van der Waals surface area contributed by atoms with Crippen LogP contribution in [0.1, 0.15) is 11.3 Å². The van der Waals surface area contributed by atoms with E-state index in [4.69, 9.17) is 0 Å². The van der Waals surface area contributed by atoms with Crippen molar-refractivity contribution in [2.75, 3.05) is 26.7 Å². The summed E-state index contributed by atoms with van der Waals surface area (Å²) in [6.07, 6.45) is 4.26. The molecule has 1 fully saturated rings. The number of carbonyl (C=O) groups excluding carboxylic acids is 1. The molecule has 2 aromatic heterocycles. The average Bonchev–Trinajstić information content (AvgIpc) is 3.23. The van der Waals surface area contributed by atoms with E-state index in [-0.39, 0.29) is 11.5 Å². The summed E-state index contributed by atoms with van der Waals surface area (Å²) in [5.74, 6) is 0.718. The highest BCUT2D eigenvalue weighted by Gasteiger charge is 2.20. The van der Waals surface area contributed by atoms with Gasteiger partial charge in [-0.3, -0.25) is 19.2 Å². The maximum Gasteiger partial charge on any atom is 0.251 e. The van der Waals surface area contributed by atoms with E-state index in [9.17, 15) is 9.59 Å². The Hall–Kier alpha value is -3.26. The first-order valence-electron chi connectivity index (χ1n) is 9.70. The van der Waals surface area contributed by atoms with Gasteiger partial charge in [-0.15, -0.1) is 0 Å². The Bertz CT molecular complexity index is 1030. The monoisotopic (exact) mass is 392 g/mol. The van der Waals surface area contributed by atoms with Crippen molar-refractivity contribution in [2.24, 2.45) is 0 Å². The summed E-state index contributed by atoms with van der Waals surface area (Å²) in [4.78, 5) is 35.3. The summed E-state index contributed by atoms with van der Waals surface area (Å²) in [5, 5.41) is 4.18. The third kappa shape index (κ3) is 4.78. The number of H-pyrrole nitrogens is 1. The molecule has 0 spiro atoms. The van der Waals surface area contributed by atoms with E-state index in [1.807, 2.05) is 48.3 Å². The first kappa shape index (κ1) is 19.1. The zero-order valence-corrected chi connectivity index (χ0v) is 16.4. The van der Waals surface area contributed by atoms with Gasteiger partial charge >= 0.3 is 0 Å². The smallest absolute Gasteiger partial charge is 0.251 e. The molecule has 0 radical (unpaired) electrons. The number of carbonyl (C=O) groups is 1. The van der Waals surface area contributed by atoms with Crippen molar-refractivity contribution in [3.05, 3.63) is 70.4 Å². The first-order valence-corrected chi connectivity index (χ1v) is 9.70. The van der Waals surface area contributed by atoms with Crippen LogP contribution in [0.3, 0.4) is 0 Å². The molecule has 4 rings (SSSR count). The van der Waals surface area contributed by atoms with E-state index in [0.29, 0.717) is 25.3 Å². The summed E-state index contributed by atoms with van der Waals surface area (Å²) >= 11 is 0. The molecule has 8 heteroatoms. The van der Waals surface area contributed by atoms with E-state index in [1.54, 1.807) is 11.1 Å². The minimum absolute atomic E-state index is 0.154. The highest BCUT2D eigenvalue weighted by molar-refractivity contribution is 5.78. The van der Waals surface area contributed by atoms with Crippen LogP contribution in [0.15, 0.2) is 53.6 Å². The Morgan fingerprint density at radius 2 is 1.97 bits per heavy atom. The van der Waals surface area contributed by atoms with Crippen LogP contribution in [0.4, 0.5) is 0 Å². The van der Waals surface area contributed by atoms with Crippen molar-refractivity contribution in [3.63, 3.8) is 0 Å². The number of hydrogen-bond acceptors (Lipinski definition) is 5. The standard InChI is InChI=1S/C21H24N6O2/c1-25-11-12-26(15-20(25)29)14-16-3-5-17(6-4-16)21-23-18(13-19(28)24-21)7-10-27-9-2-8-22-27/h2-6,8-9,13H,7,10-12,14-15H2,1H3,(H,23,24,28). The first-order chi connectivity index (χ1) is 14.1. The van der Waals surface area contributed by atoms with Crippen LogP contribution < -0.4 is 5.56 Å². The summed E-state index contributed by atoms with van der Waals surface area (Å²) in [6, 6.07) is 11.4. The average molecular weight is 392 g/mol. The fourth-order valence-electron chi connectivity index (χ4n) is 3.40. The maximum atomic E-state index is 12.1. The molecule has 1 N–H and O–H groups in total. The number of nitrogens with zero attached hydrogens (tertiary/aromatic N) is 5. The minimum Gasteiger partial charge on any atom is -0.343 e. The van der Waals surface area contributed by atoms with Crippen molar-refractivity contribution in [1.29, 1.82) is 0 Å². The van der Waals surface area contributed by atoms with Gasteiger partial charge in [0.15, 0.2) is 0 Å². The van der Waals surface area contributed by atoms with Crippen molar-refractivity contribution < 1.29 is 4.79 Å². The quantitative estimate of drug-likeness (QED) is 0.680. The normalized spacial score (nSPS) is 15.1. The van der Waals surface area contributed by atoms with Crippen LogP contribution >= 0.6 is 0 Å². The Kier molecular flexibility index (Phi) is 5.53. The zero-order valence-electron chi connectivity index (χ0n) is 16.4. The van der Waals surface area contributed by atoms with E-state index in [1.165, 1.54) is 6.07 Å². The van der Waals surface area contributed by atoms with Gasteiger partial charge in [0.05, 0.1) is 12.2 Å². The molecule has 0 unspecified atom stereocenters. The predicted octanol–water partition coefficient (Wildman–Crippen LogP) is 1.15. The molecule has 0 bridgehead atoms. The second-order valence-electron chi connectivity index (χ2n) is 7.33. The zero-order chi connectivity index (χ0) is 20.2. The predicted molar refractivity (Wildman–Crippen MR) is 109 cm³/mol. The van der Waals surface area contributed by atoms with Crippen LogP contribution in [0.2, 0.25) is 0 Å². The van der Waals surface area contributed by atoms with Crippen molar-refractivity contribution in [3.8, 4) is 11.4 Å². The number of aromatic nitrogens is 4. The van der Waals surface area contributed by atoms with Crippen LogP contribution in [-0.2, 0) is 24.3 Å². The molecule has 1 aliphatic heterocycles. The molecule has 8 nitrogen and oxygen atoms in total. The number of amides is 1. The highest BCUT2D eigenvalue weighted by Crippen LogP contribution is 2.17. The number of hydrogen-bond donors (Lipinski definition) is 1. The minimum atomic E-state index is -0.162. The number of benzene rings is 1.